The maximum atomic E-state index is 12.8. The molecule has 0 aromatic heterocycles. The summed E-state index contributed by atoms with van der Waals surface area (Å²) in [5, 5.41) is 3.08. The predicted molar refractivity (Wildman–Crippen MR) is 70.7 cm³/mol. The summed E-state index contributed by atoms with van der Waals surface area (Å²) in [6.07, 6.45) is 1.00. The molecule has 1 rings (SSSR count). The third kappa shape index (κ3) is 4.11. The average molecular weight is 252 g/mol. The SMILES string of the molecule is CCCNCC(=O)N(C)C(C)c1ccc(F)cc1. The first-order valence-electron chi connectivity index (χ1n) is 6.28. The van der Waals surface area contributed by atoms with Crippen LogP contribution in [0.1, 0.15) is 31.9 Å². The normalized spacial score (nSPS) is 12.2. The lowest BCUT2D eigenvalue weighted by atomic mass is 10.1. The molecule has 0 saturated carbocycles. The van der Waals surface area contributed by atoms with Gasteiger partial charge in [-0.15, -0.1) is 0 Å². The highest BCUT2D eigenvalue weighted by atomic mass is 19.1. The van der Waals surface area contributed by atoms with E-state index in [1.165, 1.54) is 12.1 Å². The number of amides is 1. The van der Waals surface area contributed by atoms with Crippen molar-refractivity contribution in [2.45, 2.75) is 26.3 Å². The number of hydrogen-bond donors (Lipinski definition) is 1. The molecule has 4 heteroatoms. The zero-order valence-corrected chi connectivity index (χ0v) is 11.2. The maximum Gasteiger partial charge on any atom is 0.236 e. The van der Waals surface area contributed by atoms with Gasteiger partial charge in [-0.3, -0.25) is 4.79 Å². The van der Waals surface area contributed by atoms with Crippen LogP contribution in [-0.2, 0) is 4.79 Å². The summed E-state index contributed by atoms with van der Waals surface area (Å²) in [6.45, 7) is 5.17. The van der Waals surface area contributed by atoms with Crippen molar-refractivity contribution in [1.82, 2.24) is 10.2 Å². The number of nitrogens with zero attached hydrogens (tertiary/aromatic N) is 1. The lowest BCUT2D eigenvalue weighted by Crippen LogP contribution is -2.37. The molecular weight excluding hydrogens is 231 g/mol. The molecule has 0 radical (unpaired) electrons. The van der Waals surface area contributed by atoms with Crippen LogP contribution in [0.25, 0.3) is 0 Å². The summed E-state index contributed by atoms with van der Waals surface area (Å²) >= 11 is 0. The second-order valence-electron chi connectivity index (χ2n) is 4.41. The number of halogens is 1. The van der Waals surface area contributed by atoms with E-state index in [9.17, 15) is 9.18 Å². The number of carbonyl (C=O) groups excluding carboxylic acids is 1. The zero-order valence-electron chi connectivity index (χ0n) is 11.2. The van der Waals surface area contributed by atoms with E-state index in [2.05, 4.69) is 12.2 Å². The third-order valence-corrected chi connectivity index (χ3v) is 3.03. The van der Waals surface area contributed by atoms with E-state index < -0.39 is 0 Å². The van der Waals surface area contributed by atoms with Gasteiger partial charge in [0.2, 0.25) is 5.91 Å². The molecular formula is C14H21FN2O. The van der Waals surface area contributed by atoms with Gasteiger partial charge in [0, 0.05) is 7.05 Å². The Morgan fingerprint density at radius 3 is 2.56 bits per heavy atom. The first kappa shape index (κ1) is 14.6. The molecule has 3 nitrogen and oxygen atoms in total. The molecule has 0 bridgehead atoms. The van der Waals surface area contributed by atoms with Gasteiger partial charge in [0.15, 0.2) is 0 Å². The van der Waals surface area contributed by atoms with Crippen molar-refractivity contribution in [3.8, 4) is 0 Å². The van der Waals surface area contributed by atoms with Gasteiger partial charge >= 0.3 is 0 Å². The molecule has 0 spiro atoms. The maximum absolute atomic E-state index is 12.8. The molecule has 0 fully saturated rings. The quantitative estimate of drug-likeness (QED) is 0.788. The van der Waals surface area contributed by atoms with Crippen molar-refractivity contribution in [3.05, 3.63) is 35.6 Å². The van der Waals surface area contributed by atoms with Crippen LogP contribution in [-0.4, -0.2) is 30.9 Å². The Morgan fingerprint density at radius 2 is 2.00 bits per heavy atom. The van der Waals surface area contributed by atoms with E-state index in [1.807, 2.05) is 6.92 Å². The van der Waals surface area contributed by atoms with Crippen LogP contribution < -0.4 is 5.32 Å². The van der Waals surface area contributed by atoms with Crippen LogP contribution in [0.2, 0.25) is 0 Å². The Morgan fingerprint density at radius 1 is 1.39 bits per heavy atom. The minimum absolute atomic E-state index is 0.0419. The molecule has 1 unspecified atom stereocenters. The summed E-state index contributed by atoms with van der Waals surface area (Å²) in [4.78, 5) is 13.6. The number of nitrogens with one attached hydrogen (secondary N) is 1. The van der Waals surface area contributed by atoms with E-state index in [0.717, 1.165) is 18.5 Å². The molecule has 1 aromatic rings. The molecule has 1 atom stereocenters. The van der Waals surface area contributed by atoms with Crippen molar-refractivity contribution < 1.29 is 9.18 Å². The van der Waals surface area contributed by atoms with E-state index in [4.69, 9.17) is 0 Å². The van der Waals surface area contributed by atoms with E-state index >= 15 is 0 Å². The largest absolute Gasteiger partial charge is 0.338 e. The Hall–Kier alpha value is -1.42. The van der Waals surface area contributed by atoms with Crippen molar-refractivity contribution in [3.63, 3.8) is 0 Å². The van der Waals surface area contributed by atoms with Crippen molar-refractivity contribution in [2.75, 3.05) is 20.1 Å². The molecule has 0 aliphatic heterocycles. The van der Waals surface area contributed by atoms with Crippen molar-refractivity contribution >= 4 is 5.91 Å². The van der Waals surface area contributed by atoms with E-state index in [-0.39, 0.29) is 17.8 Å². The zero-order chi connectivity index (χ0) is 13.5. The Kier molecular flexibility index (Phi) is 5.78. The smallest absolute Gasteiger partial charge is 0.236 e. The highest BCUT2D eigenvalue weighted by Crippen LogP contribution is 2.18. The van der Waals surface area contributed by atoms with Gasteiger partial charge in [0.1, 0.15) is 5.82 Å². The molecule has 0 aliphatic carbocycles. The number of benzene rings is 1. The Labute approximate surface area is 108 Å². The third-order valence-electron chi connectivity index (χ3n) is 3.03. The van der Waals surface area contributed by atoms with Crippen LogP contribution in [0.4, 0.5) is 4.39 Å². The lowest BCUT2D eigenvalue weighted by Gasteiger charge is -2.25. The minimum atomic E-state index is -0.260. The number of likely N-dealkylation sites (N-methyl/N-ethyl adjacent to an activating group) is 1. The number of carbonyl (C=O) groups is 1. The second-order valence-corrected chi connectivity index (χ2v) is 4.41. The van der Waals surface area contributed by atoms with Crippen LogP contribution in [0.15, 0.2) is 24.3 Å². The predicted octanol–water partition coefficient (Wildman–Crippen LogP) is 2.34. The van der Waals surface area contributed by atoms with Crippen molar-refractivity contribution in [2.24, 2.45) is 0 Å². The van der Waals surface area contributed by atoms with Gasteiger partial charge in [-0.2, -0.15) is 0 Å². The van der Waals surface area contributed by atoms with Gasteiger partial charge in [-0.05, 0) is 37.6 Å². The molecule has 100 valence electrons. The lowest BCUT2D eigenvalue weighted by molar-refractivity contribution is -0.130. The topological polar surface area (TPSA) is 32.3 Å². The fraction of sp³-hybridized carbons (Fsp3) is 0.500. The fourth-order valence-corrected chi connectivity index (χ4v) is 1.68. The van der Waals surface area contributed by atoms with Crippen LogP contribution in [0.5, 0.6) is 0 Å². The monoisotopic (exact) mass is 252 g/mol. The first-order chi connectivity index (χ1) is 8.56. The first-order valence-corrected chi connectivity index (χ1v) is 6.28. The molecule has 18 heavy (non-hydrogen) atoms. The molecule has 0 saturated heterocycles. The van der Waals surface area contributed by atoms with Gasteiger partial charge in [-0.1, -0.05) is 19.1 Å². The van der Waals surface area contributed by atoms with Gasteiger partial charge < -0.3 is 10.2 Å². The van der Waals surface area contributed by atoms with Crippen molar-refractivity contribution in [1.29, 1.82) is 0 Å². The van der Waals surface area contributed by atoms with Gasteiger partial charge in [0.05, 0.1) is 12.6 Å². The molecule has 1 aromatic carbocycles. The summed E-state index contributed by atoms with van der Waals surface area (Å²) in [7, 11) is 1.77. The fourth-order valence-electron chi connectivity index (χ4n) is 1.68. The average Bonchev–Trinajstić information content (AvgIpc) is 2.38. The van der Waals surface area contributed by atoms with Crippen LogP contribution in [0.3, 0.4) is 0 Å². The Bertz CT molecular complexity index is 378. The standard InChI is InChI=1S/C14H21FN2O/c1-4-9-16-10-14(18)17(3)11(2)12-5-7-13(15)8-6-12/h5-8,11,16H,4,9-10H2,1-3H3. The van der Waals surface area contributed by atoms with Crippen LogP contribution >= 0.6 is 0 Å². The summed E-state index contributed by atoms with van der Waals surface area (Å²) in [5.41, 5.74) is 0.933. The van der Waals surface area contributed by atoms with Crippen LogP contribution in [0, 0.1) is 5.82 Å². The van der Waals surface area contributed by atoms with Gasteiger partial charge in [0.25, 0.3) is 0 Å². The minimum Gasteiger partial charge on any atom is -0.338 e. The highest BCUT2D eigenvalue weighted by Gasteiger charge is 2.16. The molecule has 1 amide bonds. The summed E-state index contributed by atoms with van der Waals surface area (Å²) < 4.78 is 12.8. The summed E-state index contributed by atoms with van der Waals surface area (Å²) in [6, 6.07) is 6.20. The number of rotatable bonds is 6. The molecule has 0 aliphatic rings. The molecule has 1 N–H and O–H groups in total. The van der Waals surface area contributed by atoms with Gasteiger partial charge in [-0.25, -0.2) is 4.39 Å². The highest BCUT2D eigenvalue weighted by molar-refractivity contribution is 5.78. The van der Waals surface area contributed by atoms with E-state index in [0.29, 0.717) is 6.54 Å². The van der Waals surface area contributed by atoms with E-state index in [1.54, 1.807) is 24.1 Å². The number of hydrogen-bond acceptors (Lipinski definition) is 2. The summed E-state index contributed by atoms with van der Waals surface area (Å²) in [5.74, 6) is -0.218. The second kappa shape index (κ2) is 7.11. The Balaban J connectivity index is 2.57. The molecule has 0 heterocycles.